The standard InChI is InChI=1S/C74H79NO13/c76-66-68(83-51-60-38-20-6-21-39-60)64(53-79-48-57-32-14-3-15-33-57)86-73(70(66)87-71(77)62-42-24-8-25-43-62)88-69-65(54-80-49-58-34-16-4-17-35-58)85-72(63(46-55-28-10-1-11-29-55)67(69)82-50-59-36-18-5-19-37-59)81-45-27-9-26-44-75(47-56-30-12-2-13-31-56)74(78)84-52-61-40-22-7-23-41-61/h1-8,10-25,28-43,63-70,72-73,76H,9,26-27,44-54H2/t63-,64-,65-,66+,67?,68+,69-,70-,72-,73+/m1/s1. The van der Waals surface area contributed by atoms with Crippen molar-refractivity contribution in [2.24, 2.45) is 5.92 Å². The van der Waals surface area contributed by atoms with Crippen LogP contribution in [0.2, 0.25) is 0 Å². The zero-order valence-corrected chi connectivity index (χ0v) is 49.6. The highest BCUT2D eigenvalue weighted by Crippen LogP contribution is 2.38. The summed E-state index contributed by atoms with van der Waals surface area (Å²) in [5, 5.41) is 12.8. The number of carbonyl (C=O) groups is 2. The summed E-state index contributed by atoms with van der Waals surface area (Å²) in [7, 11) is 0. The molecule has 2 fully saturated rings. The zero-order chi connectivity index (χ0) is 60.4. The molecule has 8 aromatic carbocycles. The SMILES string of the molecule is O=C(O[C@H]1[C@H](O[C@H]2C(OCc3ccccc3)[C@@H](Cc3ccccc3)[C@H](OCCCCCN(Cc3ccccc3)C(=O)OCc3ccccc3)O[C@@H]2COCc2ccccc2)O[C@H](COCc2ccccc2)[C@H](OCc2ccccc2)[C@@H]1O)c1ccccc1. The second-order valence-corrected chi connectivity index (χ2v) is 22.2. The number of unbranched alkanes of at least 4 members (excludes halogenated alkanes) is 2. The van der Waals surface area contributed by atoms with Gasteiger partial charge in [0.2, 0.25) is 0 Å². The van der Waals surface area contributed by atoms with Gasteiger partial charge in [0, 0.05) is 25.6 Å². The number of aliphatic hydroxyl groups excluding tert-OH is 1. The van der Waals surface area contributed by atoms with Gasteiger partial charge < -0.3 is 57.4 Å². The van der Waals surface area contributed by atoms with Crippen LogP contribution >= 0.6 is 0 Å². The predicted molar refractivity (Wildman–Crippen MR) is 333 cm³/mol. The van der Waals surface area contributed by atoms with Crippen LogP contribution in [0.5, 0.6) is 0 Å². The second-order valence-electron chi connectivity index (χ2n) is 22.2. The van der Waals surface area contributed by atoms with Gasteiger partial charge in [0.15, 0.2) is 18.7 Å². The summed E-state index contributed by atoms with van der Waals surface area (Å²) in [4.78, 5) is 29.7. The summed E-state index contributed by atoms with van der Waals surface area (Å²) in [6.07, 6.45) is -7.64. The molecule has 1 N–H and O–H groups in total. The first-order valence-corrected chi connectivity index (χ1v) is 30.5. The number of rotatable bonds is 31. The van der Waals surface area contributed by atoms with Crippen molar-refractivity contribution in [3.05, 3.63) is 287 Å². The Kier molecular flexibility index (Phi) is 24.4. The summed E-state index contributed by atoms with van der Waals surface area (Å²) in [6.45, 7) is 2.24. The van der Waals surface area contributed by atoms with Gasteiger partial charge in [-0.1, -0.05) is 231 Å². The van der Waals surface area contributed by atoms with Crippen molar-refractivity contribution in [2.45, 2.75) is 121 Å². The molecule has 10 atom stereocenters. The van der Waals surface area contributed by atoms with Crippen molar-refractivity contribution in [2.75, 3.05) is 26.4 Å². The molecule has 0 saturated carbocycles. The number of esters is 1. The Bertz CT molecular complexity index is 3230. The lowest BCUT2D eigenvalue weighted by Crippen LogP contribution is -2.65. The van der Waals surface area contributed by atoms with Gasteiger partial charge in [-0.05, 0) is 76.8 Å². The summed E-state index contributed by atoms with van der Waals surface area (Å²) in [5.74, 6) is -1.20. The van der Waals surface area contributed by atoms with Gasteiger partial charge in [-0.15, -0.1) is 0 Å². The lowest BCUT2D eigenvalue weighted by molar-refractivity contribution is -0.361. The number of hydrogen-bond acceptors (Lipinski definition) is 13. The number of aliphatic hydroxyl groups is 1. The lowest BCUT2D eigenvalue weighted by atomic mass is 9.85. The molecule has 8 aromatic rings. The van der Waals surface area contributed by atoms with E-state index in [0.29, 0.717) is 39.0 Å². The van der Waals surface area contributed by atoms with Crippen LogP contribution in [0, 0.1) is 5.92 Å². The largest absolute Gasteiger partial charge is 0.450 e. The summed E-state index contributed by atoms with van der Waals surface area (Å²) in [6, 6.07) is 77.6. The van der Waals surface area contributed by atoms with E-state index in [2.05, 4.69) is 12.1 Å². The van der Waals surface area contributed by atoms with Crippen LogP contribution in [-0.2, 0) is 93.4 Å². The summed E-state index contributed by atoms with van der Waals surface area (Å²) < 4.78 is 67.6. The molecule has 0 spiro atoms. The van der Waals surface area contributed by atoms with Crippen LogP contribution in [0.1, 0.15) is 68.6 Å². The number of nitrogens with zero attached hydrogens (tertiary/aromatic N) is 1. The third-order valence-electron chi connectivity index (χ3n) is 15.6. The van der Waals surface area contributed by atoms with Crippen molar-refractivity contribution in [3.63, 3.8) is 0 Å². The maximum absolute atomic E-state index is 14.3. The van der Waals surface area contributed by atoms with Crippen LogP contribution < -0.4 is 0 Å². The van der Waals surface area contributed by atoms with Gasteiger partial charge in [0.05, 0.1) is 51.3 Å². The fourth-order valence-electron chi connectivity index (χ4n) is 11.0. The van der Waals surface area contributed by atoms with Crippen molar-refractivity contribution in [3.8, 4) is 0 Å². The molecule has 88 heavy (non-hydrogen) atoms. The van der Waals surface area contributed by atoms with Gasteiger partial charge in [-0.2, -0.15) is 0 Å². The van der Waals surface area contributed by atoms with Crippen molar-refractivity contribution >= 4 is 12.1 Å². The highest BCUT2D eigenvalue weighted by Gasteiger charge is 2.54. The molecule has 2 saturated heterocycles. The molecule has 2 aliphatic heterocycles. The monoisotopic (exact) mass is 1190 g/mol. The Morgan fingerprint density at radius 1 is 0.420 bits per heavy atom. The molecule has 14 heteroatoms. The van der Waals surface area contributed by atoms with E-state index < -0.39 is 67.2 Å². The second kappa shape index (κ2) is 34.0. The van der Waals surface area contributed by atoms with Crippen molar-refractivity contribution < 1.29 is 62.1 Å². The van der Waals surface area contributed by atoms with Crippen molar-refractivity contribution in [1.29, 1.82) is 0 Å². The van der Waals surface area contributed by atoms with E-state index in [1.54, 1.807) is 29.2 Å². The minimum absolute atomic E-state index is 0.0146. The maximum atomic E-state index is 14.3. The first kappa shape index (κ1) is 63.2. The molecule has 458 valence electrons. The number of ether oxygens (including phenoxy) is 10. The summed E-state index contributed by atoms with van der Waals surface area (Å²) in [5.41, 5.74) is 6.92. The van der Waals surface area contributed by atoms with Crippen LogP contribution in [0.25, 0.3) is 0 Å². The van der Waals surface area contributed by atoms with Gasteiger partial charge in [0.25, 0.3) is 0 Å². The molecule has 1 unspecified atom stereocenters. The van der Waals surface area contributed by atoms with Gasteiger partial charge in [-0.25, -0.2) is 9.59 Å². The van der Waals surface area contributed by atoms with E-state index in [9.17, 15) is 14.7 Å². The predicted octanol–water partition coefficient (Wildman–Crippen LogP) is 12.9. The molecule has 0 aliphatic carbocycles. The Labute approximate surface area is 516 Å². The fourth-order valence-corrected chi connectivity index (χ4v) is 11.0. The van der Waals surface area contributed by atoms with Crippen LogP contribution in [0.3, 0.4) is 0 Å². The Morgan fingerprint density at radius 2 is 0.852 bits per heavy atom. The molecule has 0 bridgehead atoms. The Balaban J connectivity index is 0.946. The minimum Gasteiger partial charge on any atom is -0.450 e. The molecular formula is C74H79NO13. The average Bonchev–Trinajstić information content (AvgIpc) is 2.99. The number of amides is 1. The third kappa shape index (κ3) is 19.1. The van der Waals surface area contributed by atoms with Crippen molar-refractivity contribution in [1.82, 2.24) is 4.90 Å². The number of benzene rings is 8. The highest BCUT2D eigenvalue weighted by molar-refractivity contribution is 5.89. The molecular weight excluding hydrogens is 1110 g/mol. The molecule has 2 heterocycles. The lowest BCUT2D eigenvalue weighted by Gasteiger charge is -2.49. The maximum Gasteiger partial charge on any atom is 0.410 e. The average molecular weight is 1190 g/mol. The van der Waals surface area contributed by atoms with E-state index in [-0.39, 0.29) is 57.9 Å². The Hall–Kier alpha value is -7.86. The van der Waals surface area contributed by atoms with Crippen LogP contribution in [-0.4, -0.2) is 104 Å². The first-order chi connectivity index (χ1) is 43.4. The number of hydrogen-bond donors (Lipinski definition) is 1. The molecule has 14 nitrogen and oxygen atoms in total. The Morgan fingerprint density at radius 3 is 1.38 bits per heavy atom. The van der Waals surface area contributed by atoms with E-state index in [1.165, 1.54) is 0 Å². The summed E-state index contributed by atoms with van der Waals surface area (Å²) >= 11 is 0. The molecule has 0 radical (unpaired) electrons. The van der Waals surface area contributed by atoms with Crippen LogP contribution in [0.4, 0.5) is 4.79 Å². The van der Waals surface area contributed by atoms with E-state index in [1.807, 2.05) is 206 Å². The number of carbonyl (C=O) groups excluding carboxylic acids is 2. The topological polar surface area (TPSA) is 150 Å². The molecule has 0 aromatic heterocycles. The van der Waals surface area contributed by atoms with Gasteiger partial charge >= 0.3 is 12.1 Å². The quantitative estimate of drug-likeness (QED) is 0.0325. The first-order valence-electron chi connectivity index (χ1n) is 30.5. The molecule has 2 aliphatic rings. The van der Waals surface area contributed by atoms with E-state index in [0.717, 1.165) is 45.4 Å². The minimum atomic E-state index is -1.48. The van der Waals surface area contributed by atoms with Gasteiger partial charge in [-0.3, -0.25) is 0 Å². The third-order valence-corrected chi connectivity index (χ3v) is 15.6. The molecule has 1 amide bonds. The zero-order valence-electron chi connectivity index (χ0n) is 49.6. The van der Waals surface area contributed by atoms with Crippen LogP contribution in [0.15, 0.2) is 243 Å². The smallest absolute Gasteiger partial charge is 0.410 e. The van der Waals surface area contributed by atoms with E-state index >= 15 is 0 Å². The van der Waals surface area contributed by atoms with E-state index in [4.69, 9.17) is 47.4 Å². The normalized spacial score (nSPS) is 21.7. The molecule has 10 rings (SSSR count). The fraction of sp³-hybridized carbons (Fsp3) is 0.324. The highest BCUT2D eigenvalue weighted by atomic mass is 16.8. The van der Waals surface area contributed by atoms with Gasteiger partial charge in [0.1, 0.15) is 37.1 Å².